The Morgan fingerprint density at radius 2 is 1.30 bits per heavy atom. The second kappa shape index (κ2) is 20.3. The van der Waals surface area contributed by atoms with Crippen LogP contribution in [0, 0.1) is 76.4 Å². The molecule has 240 valence electrons. The number of nitro benzene ring substituents is 2. The fourth-order valence-electron chi connectivity index (χ4n) is 3.97. The maximum atomic E-state index is 12.7. The summed E-state index contributed by atoms with van der Waals surface area (Å²) in [5.41, 5.74) is 11.1. The average molecular weight is 651 g/mol. The molecule has 4 aromatic carbocycles. The number of benzene rings is 4. The van der Waals surface area contributed by atoms with Gasteiger partial charge in [-0.2, -0.15) is 14.9 Å². The zero-order chi connectivity index (χ0) is 34.2. The normalized spacial score (nSPS) is 10.9. The van der Waals surface area contributed by atoms with E-state index >= 15 is 0 Å². The van der Waals surface area contributed by atoms with Crippen molar-refractivity contribution in [1.82, 2.24) is 0 Å². The molecular weight excluding hydrogens is 614 g/mol. The van der Waals surface area contributed by atoms with Gasteiger partial charge in [0, 0.05) is 24.6 Å². The average Bonchev–Trinajstić information content (AvgIpc) is 3.62. The molecule has 0 unspecified atom stereocenters. The number of para-hydroxylation sites is 2. The zero-order valence-corrected chi connectivity index (χ0v) is 29.0. The zero-order valence-electron chi connectivity index (χ0n) is 28.0. The fourth-order valence-corrected chi connectivity index (χ4v) is 3.97. The van der Waals surface area contributed by atoms with E-state index in [-0.39, 0.29) is 47.8 Å². The number of nitrogens with zero attached hydrogens (tertiary/aromatic N) is 4. The topological polar surface area (TPSA) is 181 Å². The van der Waals surface area contributed by atoms with Gasteiger partial charge in [0.05, 0.1) is 9.85 Å². The number of nitrogens with two attached hydrogens (primary N) is 1. The van der Waals surface area contributed by atoms with Crippen LogP contribution in [-0.2, 0) is 4.74 Å². The number of ether oxygens (including phenoxy) is 1. The predicted molar refractivity (Wildman–Crippen MR) is 176 cm³/mol. The molecule has 0 atom stereocenters. The maximum Gasteiger partial charge on any atom is 1.00 e. The van der Waals surface area contributed by atoms with Crippen molar-refractivity contribution in [2.24, 2.45) is 0 Å². The Kier molecular flexibility index (Phi) is 17.4. The van der Waals surface area contributed by atoms with Crippen molar-refractivity contribution in [3.8, 4) is 12.1 Å². The van der Waals surface area contributed by atoms with Gasteiger partial charge >= 0.3 is 40.9 Å². The third kappa shape index (κ3) is 12.8. The number of nitrogens with one attached hydrogen (secondary N) is 1. The first-order valence-corrected chi connectivity index (χ1v) is 14.1. The van der Waals surface area contributed by atoms with E-state index in [1.807, 2.05) is 56.3 Å². The summed E-state index contributed by atoms with van der Waals surface area (Å²) >= 11 is 0. The van der Waals surface area contributed by atoms with Crippen LogP contribution >= 0.6 is 0 Å². The van der Waals surface area contributed by atoms with Gasteiger partial charge in [-0.05, 0) is 111 Å². The van der Waals surface area contributed by atoms with Gasteiger partial charge in [-0.25, -0.2) is 0 Å². The molecule has 1 aliphatic heterocycles. The van der Waals surface area contributed by atoms with Crippen molar-refractivity contribution in [2.75, 3.05) is 24.3 Å². The summed E-state index contributed by atoms with van der Waals surface area (Å²) in [5.74, 6) is -0.987. The summed E-state index contributed by atoms with van der Waals surface area (Å²) in [6.07, 6.45) is 2.56. The first-order chi connectivity index (χ1) is 21.9. The Morgan fingerprint density at radius 1 is 0.787 bits per heavy atom. The monoisotopic (exact) mass is 650 g/mol. The number of nitro groups is 2. The Morgan fingerprint density at radius 3 is 1.72 bits per heavy atom. The molecule has 0 radical (unpaired) electrons. The summed E-state index contributed by atoms with van der Waals surface area (Å²) < 4.78 is 17.6. The third-order valence-corrected chi connectivity index (χ3v) is 6.77. The van der Waals surface area contributed by atoms with Crippen LogP contribution in [0.25, 0.3) is 0 Å². The largest absolute Gasteiger partial charge is 1.00 e. The number of anilines is 3. The van der Waals surface area contributed by atoms with Gasteiger partial charge in [0.2, 0.25) is 5.82 Å². The van der Waals surface area contributed by atoms with Crippen LogP contribution in [-0.4, -0.2) is 23.1 Å². The van der Waals surface area contributed by atoms with Crippen molar-refractivity contribution in [2.45, 2.75) is 40.5 Å². The molecule has 11 nitrogen and oxygen atoms in total. The van der Waals surface area contributed by atoms with Crippen LogP contribution in [0.15, 0.2) is 72.8 Å². The second-order valence-corrected chi connectivity index (χ2v) is 10.2. The van der Waals surface area contributed by atoms with Crippen LogP contribution in [0.2, 0.25) is 0 Å². The maximum absolute atomic E-state index is 12.7. The summed E-state index contributed by atoms with van der Waals surface area (Å²) in [6, 6.07) is 23.1. The fraction of sp³-hybridized carbons (Fsp3) is 0.235. The minimum Gasteiger partial charge on any atom is -1.00 e. The van der Waals surface area contributed by atoms with Gasteiger partial charge in [0.15, 0.2) is 0 Å². The molecule has 0 bridgehead atoms. The van der Waals surface area contributed by atoms with E-state index in [0.717, 1.165) is 41.8 Å². The Bertz CT molecular complexity index is 1770. The number of rotatable bonds is 4. The molecule has 1 heterocycles. The van der Waals surface area contributed by atoms with Crippen LogP contribution in [0.1, 0.15) is 47.6 Å². The first-order valence-electron chi connectivity index (χ1n) is 14.1. The van der Waals surface area contributed by atoms with E-state index in [9.17, 15) is 24.6 Å². The second-order valence-electron chi connectivity index (χ2n) is 10.2. The summed E-state index contributed by atoms with van der Waals surface area (Å²) in [4.78, 5) is 19.9. The molecule has 3 N–H and O–H groups in total. The summed E-state index contributed by atoms with van der Waals surface area (Å²) in [6.45, 7) is 10.1. The van der Waals surface area contributed by atoms with Crippen LogP contribution in [0.5, 0.6) is 0 Å². The van der Waals surface area contributed by atoms with E-state index < -0.39 is 21.4 Å². The molecule has 0 aliphatic carbocycles. The number of hydrogen-bond acceptors (Lipinski definition) is 9. The van der Waals surface area contributed by atoms with Crippen molar-refractivity contribution in [3.63, 3.8) is 0 Å². The minimum absolute atomic E-state index is 0. The first kappa shape index (κ1) is 40.2. The quantitative estimate of drug-likeness (QED) is 0.129. The molecule has 5 rings (SSSR count). The molecular formula is C34H36FN6NaO5. The number of nitriles is 2. The van der Waals surface area contributed by atoms with Gasteiger partial charge < -0.3 is 17.2 Å². The van der Waals surface area contributed by atoms with Crippen molar-refractivity contribution in [1.29, 1.82) is 10.5 Å². The smallest absolute Gasteiger partial charge is 1.00 e. The third-order valence-electron chi connectivity index (χ3n) is 6.77. The predicted octanol–water partition coefficient (Wildman–Crippen LogP) is 5.23. The molecule has 1 aliphatic rings. The van der Waals surface area contributed by atoms with Gasteiger partial charge in [-0.15, -0.1) is 0 Å². The van der Waals surface area contributed by atoms with E-state index in [0.29, 0.717) is 5.69 Å². The number of halogens is 1. The Balaban J connectivity index is 0.000000672. The van der Waals surface area contributed by atoms with Crippen LogP contribution in [0.3, 0.4) is 0 Å². The molecule has 4 aromatic rings. The Labute approximate surface area is 296 Å². The van der Waals surface area contributed by atoms with Gasteiger partial charge in [0.1, 0.15) is 29.0 Å². The molecule has 0 saturated carbocycles. The molecule has 0 amide bonds. The standard InChI is InChI=1S/C15H13N3O2.C8H11N.C7H3FN2O2.C4H8O.Na.H/c1-10-6-7-13(8-11(10)2)17-14-5-3-4-12(9-16)15(14)18(19)20;1-6-3-4-8(9)5-7(6)2;8-6-3-1-2-5(4-9)7(6)10(11)12;1-2-4-5-3-1;;/h3-8,17H,1-2H3;3-5H,9H2,1-2H3;1-3H;1-4H2;;/q;;;;+1;-1. The van der Waals surface area contributed by atoms with Gasteiger partial charge in [-0.3, -0.25) is 20.2 Å². The van der Waals surface area contributed by atoms with Crippen molar-refractivity contribution < 1.29 is 50.0 Å². The summed E-state index contributed by atoms with van der Waals surface area (Å²) in [5, 5.41) is 41.7. The number of aryl methyl sites for hydroxylation is 4. The molecule has 13 heteroatoms. The van der Waals surface area contributed by atoms with E-state index in [1.165, 1.54) is 48.2 Å². The van der Waals surface area contributed by atoms with E-state index in [2.05, 4.69) is 19.2 Å². The van der Waals surface area contributed by atoms with Crippen molar-refractivity contribution in [3.05, 3.63) is 132 Å². The summed E-state index contributed by atoms with van der Waals surface area (Å²) in [7, 11) is 0. The minimum atomic E-state index is -0.987. The number of hydrogen-bond donors (Lipinski definition) is 2. The van der Waals surface area contributed by atoms with Gasteiger partial charge in [-0.1, -0.05) is 24.3 Å². The van der Waals surface area contributed by atoms with Crippen molar-refractivity contribution >= 4 is 28.4 Å². The molecule has 1 saturated heterocycles. The van der Waals surface area contributed by atoms with E-state index in [4.69, 9.17) is 21.0 Å². The molecule has 0 aromatic heterocycles. The molecule has 0 spiro atoms. The van der Waals surface area contributed by atoms with Gasteiger partial charge in [0.25, 0.3) is 0 Å². The number of nitrogen functional groups attached to an aromatic ring is 1. The SMILES string of the molecule is C1CCOC1.Cc1ccc(N)cc1C.Cc1ccc(Nc2cccc(C#N)c2[N+](=O)[O-])cc1C.N#Cc1cccc(F)c1[N+](=O)[O-].[H-].[Na+]. The van der Waals surface area contributed by atoms with Crippen LogP contribution < -0.4 is 40.6 Å². The molecule has 1 fully saturated rings. The van der Waals surface area contributed by atoms with Crippen LogP contribution in [0.4, 0.5) is 32.8 Å². The van der Waals surface area contributed by atoms with E-state index in [1.54, 1.807) is 12.1 Å². The Hall–Kier alpha value is -4.85. The molecule has 47 heavy (non-hydrogen) atoms.